The number of ether oxygens (including phenoxy) is 1. The van der Waals surface area contributed by atoms with E-state index in [1.54, 1.807) is 49.8 Å². The molecule has 0 unspecified atom stereocenters. The van der Waals surface area contributed by atoms with Crippen LogP contribution in [-0.2, 0) is 6.42 Å². The van der Waals surface area contributed by atoms with Gasteiger partial charge in [0.05, 0.1) is 29.5 Å². The van der Waals surface area contributed by atoms with Crippen LogP contribution in [0.25, 0.3) is 33.5 Å². The second-order valence-electron chi connectivity index (χ2n) is 8.26. The lowest BCUT2D eigenvalue weighted by molar-refractivity contribution is 0.0953. The molecule has 7 nitrogen and oxygen atoms in total. The second kappa shape index (κ2) is 10.4. The summed E-state index contributed by atoms with van der Waals surface area (Å²) < 4.78 is 18.9. The molecule has 0 spiro atoms. The van der Waals surface area contributed by atoms with Crippen LogP contribution < -0.4 is 10.1 Å². The van der Waals surface area contributed by atoms with Crippen LogP contribution in [0.15, 0.2) is 79.1 Å². The highest BCUT2D eigenvalue weighted by Gasteiger charge is 2.15. The van der Waals surface area contributed by atoms with Crippen molar-refractivity contribution in [2.24, 2.45) is 0 Å². The zero-order valence-corrected chi connectivity index (χ0v) is 19.7. The van der Waals surface area contributed by atoms with Gasteiger partial charge in [0.2, 0.25) is 0 Å². The zero-order valence-electron chi connectivity index (χ0n) is 19.7. The largest absolute Gasteiger partial charge is 0.497 e. The first-order valence-electron chi connectivity index (χ1n) is 11.6. The molecule has 2 heterocycles. The lowest BCUT2D eigenvalue weighted by Crippen LogP contribution is -2.24. The summed E-state index contributed by atoms with van der Waals surface area (Å²) in [5.41, 5.74) is 4.57. The van der Waals surface area contributed by atoms with E-state index < -0.39 is 0 Å². The first kappa shape index (κ1) is 23.2. The number of halogens is 1. The number of hydrogen-bond donors (Lipinski definition) is 2. The van der Waals surface area contributed by atoms with Crippen LogP contribution in [0.2, 0.25) is 0 Å². The molecule has 0 saturated heterocycles. The Balaban J connectivity index is 1.45. The minimum atomic E-state index is -0.321. The molecular formula is C28H24FN5O2. The molecule has 2 N–H and O–H groups in total. The van der Waals surface area contributed by atoms with Gasteiger partial charge in [-0.25, -0.2) is 19.3 Å². The number of imidazole rings is 1. The maximum absolute atomic E-state index is 13.6. The van der Waals surface area contributed by atoms with Crippen molar-refractivity contribution in [3.63, 3.8) is 0 Å². The number of carbonyl (C=O) groups is 1. The van der Waals surface area contributed by atoms with Gasteiger partial charge in [-0.1, -0.05) is 0 Å². The van der Waals surface area contributed by atoms with Crippen LogP contribution in [-0.4, -0.2) is 39.5 Å². The molecule has 1 amide bonds. The predicted octanol–water partition coefficient (Wildman–Crippen LogP) is 5.20. The fraction of sp³-hybridized carbons (Fsp3) is 0.143. The van der Waals surface area contributed by atoms with Crippen LogP contribution in [0.1, 0.15) is 22.6 Å². The highest BCUT2D eigenvalue weighted by atomic mass is 19.1. The van der Waals surface area contributed by atoms with Crippen molar-refractivity contribution in [3.05, 3.63) is 96.3 Å². The number of fused-ring (bicyclic) bond motifs is 1. The quantitative estimate of drug-likeness (QED) is 0.297. The number of aromatic nitrogens is 4. The van der Waals surface area contributed by atoms with Crippen molar-refractivity contribution in [2.75, 3.05) is 13.7 Å². The molecule has 2 aromatic heterocycles. The monoisotopic (exact) mass is 481 g/mol. The molecule has 36 heavy (non-hydrogen) atoms. The minimum absolute atomic E-state index is 0.174. The van der Waals surface area contributed by atoms with Gasteiger partial charge < -0.3 is 15.0 Å². The molecule has 0 fully saturated rings. The highest BCUT2D eigenvalue weighted by Crippen LogP contribution is 2.32. The summed E-state index contributed by atoms with van der Waals surface area (Å²) in [5.74, 6) is 1.13. The van der Waals surface area contributed by atoms with E-state index in [1.807, 2.05) is 24.3 Å². The number of nitrogens with zero attached hydrogens (tertiary/aromatic N) is 3. The van der Waals surface area contributed by atoms with E-state index in [2.05, 4.69) is 15.3 Å². The van der Waals surface area contributed by atoms with E-state index in [9.17, 15) is 9.18 Å². The van der Waals surface area contributed by atoms with Gasteiger partial charge in [0, 0.05) is 42.0 Å². The number of benzene rings is 3. The smallest absolute Gasteiger partial charge is 0.251 e. The molecule has 3 aromatic carbocycles. The number of H-pyrrole nitrogens is 1. The Morgan fingerprint density at radius 2 is 1.64 bits per heavy atom. The van der Waals surface area contributed by atoms with Crippen LogP contribution in [0.3, 0.4) is 0 Å². The SMILES string of the molecule is COc1ccc(-c2nc3cc(C(=O)NCCCc4ncc[nH]4)ccc3nc2-c2ccc(F)cc2)cc1. The van der Waals surface area contributed by atoms with Crippen LogP contribution in [0.4, 0.5) is 4.39 Å². The Hall–Kier alpha value is -4.59. The molecule has 0 aliphatic carbocycles. The third-order valence-electron chi connectivity index (χ3n) is 5.84. The van der Waals surface area contributed by atoms with Crippen molar-refractivity contribution in [1.82, 2.24) is 25.3 Å². The van der Waals surface area contributed by atoms with Crippen molar-refractivity contribution in [2.45, 2.75) is 12.8 Å². The molecule has 5 aromatic rings. The van der Waals surface area contributed by atoms with E-state index in [1.165, 1.54) is 12.1 Å². The van der Waals surface area contributed by atoms with Gasteiger partial charge in [0.15, 0.2) is 0 Å². The minimum Gasteiger partial charge on any atom is -0.497 e. The molecule has 180 valence electrons. The molecule has 0 aliphatic heterocycles. The third-order valence-corrected chi connectivity index (χ3v) is 5.84. The van der Waals surface area contributed by atoms with Crippen molar-refractivity contribution < 1.29 is 13.9 Å². The average molecular weight is 482 g/mol. The zero-order chi connectivity index (χ0) is 24.9. The number of hydrogen-bond acceptors (Lipinski definition) is 5. The summed E-state index contributed by atoms with van der Waals surface area (Å²) >= 11 is 0. The van der Waals surface area contributed by atoms with Gasteiger partial charge in [0.25, 0.3) is 5.91 Å². The van der Waals surface area contributed by atoms with Crippen molar-refractivity contribution in [1.29, 1.82) is 0 Å². The van der Waals surface area contributed by atoms with Crippen molar-refractivity contribution in [3.8, 4) is 28.3 Å². The third kappa shape index (κ3) is 5.07. The van der Waals surface area contributed by atoms with Gasteiger partial charge in [-0.05, 0) is 73.2 Å². The van der Waals surface area contributed by atoms with Crippen LogP contribution in [0, 0.1) is 5.82 Å². The molecule has 0 saturated carbocycles. The summed E-state index contributed by atoms with van der Waals surface area (Å²) in [7, 11) is 1.61. The topological polar surface area (TPSA) is 92.8 Å². The standard InChI is InChI=1S/C28H24FN5O2/c1-36-22-11-6-19(7-12-22)27-26(18-4-9-21(29)10-5-18)33-23-13-8-20(17-24(23)34-27)28(35)32-14-2-3-25-30-15-16-31-25/h4-13,15-17H,2-3,14H2,1H3,(H,30,31)(H,32,35). The number of rotatable bonds is 8. The second-order valence-corrected chi connectivity index (χ2v) is 8.26. The molecule has 0 radical (unpaired) electrons. The first-order chi connectivity index (χ1) is 17.6. The van der Waals surface area contributed by atoms with Gasteiger partial charge in [-0.3, -0.25) is 4.79 Å². The van der Waals surface area contributed by atoms with Gasteiger partial charge in [-0.2, -0.15) is 0 Å². The van der Waals surface area contributed by atoms with Crippen molar-refractivity contribution >= 4 is 16.9 Å². The highest BCUT2D eigenvalue weighted by molar-refractivity contribution is 5.98. The van der Waals surface area contributed by atoms with Crippen LogP contribution >= 0.6 is 0 Å². The number of nitrogens with one attached hydrogen (secondary N) is 2. The van der Waals surface area contributed by atoms with Gasteiger partial charge in [0.1, 0.15) is 17.4 Å². The van der Waals surface area contributed by atoms with Crippen LogP contribution in [0.5, 0.6) is 5.75 Å². The fourth-order valence-corrected chi connectivity index (χ4v) is 3.95. The number of amides is 1. The summed E-state index contributed by atoms with van der Waals surface area (Å²) in [5, 5.41) is 2.95. The Morgan fingerprint density at radius 1 is 0.944 bits per heavy atom. The van der Waals surface area contributed by atoms with E-state index in [0.717, 1.165) is 35.5 Å². The van der Waals surface area contributed by atoms with E-state index in [-0.39, 0.29) is 11.7 Å². The summed E-state index contributed by atoms with van der Waals surface area (Å²) in [6.07, 6.45) is 5.03. The maximum atomic E-state index is 13.6. The lowest BCUT2D eigenvalue weighted by atomic mass is 10.0. The first-order valence-corrected chi connectivity index (χ1v) is 11.6. The molecular weight excluding hydrogens is 457 g/mol. The number of methoxy groups -OCH3 is 1. The fourth-order valence-electron chi connectivity index (χ4n) is 3.95. The Morgan fingerprint density at radius 3 is 2.31 bits per heavy atom. The number of carbonyl (C=O) groups excluding carboxylic acids is 1. The van der Waals surface area contributed by atoms with E-state index in [0.29, 0.717) is 34.5 Å². The lowest BCUT2D eigenvalue weighted by Gasteiger charge is -2.12. The molecule has 0 bridgehead atoms. The summed E-state index contributed by atoms with van der Waals surface area (Å²) in [6.45, 7) is 0.532. The molecule has 5 rings (SSSR count). The average Bonchev–Trinajstić information content (AvgIpc) is 3.44. The number of aromatic amines is 1. The summed E-state index contributed by atoms with van der Waals surface area (Å²) in [6, 6.07) is 18.9. The molecule has 8 heteroatoms. The van der Waals surface area contributed by atoms with Gasteiger partial charge in [-0.15, -0.1) is 0 Å². The normalized spacial score (nSPS) is 10.9. The Labute approximate surface area is 207 Å². The van der Waals surface area contributed by atoms with E-state index >= 15 is 0 Å². The Kier molecular flexibility index (Phi) is 6.66. The van der Waals surface area contributed by atoms with E-state index in [4.69, 9.17) is 14.7 Å². The number of aryl methyl sites for hydroxylation is 1. The van der Waals surface area contributed by atoms with Gasteiger partial charge >= 0.3 is 0 Å². The Bertz CT molecular complexity index is 1480. The molecule has 0 atom stereocenters. The summed E-state index contributed by atoms with van der Waals surface area (Å²) in [4.78, 5) is 29.7. The predicted molar refractivity (Wildman–Crippen MR) is 136 cm³/mol. The maximum Gasteiger partial charge on any atom is 0.251 e. The molecule has 0 aliphatic rings.